The molecule has 2 unspecified atom stereocenters. The molecule has 5 nitrogen and oxygen atoms in total. The van der Waals surface area contributed by atoms with Crippen molar-refractivity contribution < 1.29 is 14.3 Å². The molecule has 0 aromatic rings. The Morgan fingerprint density at radius 3 is 2.48 bits per heavy atom. The number of hydrogen-bond acceptors (Lipinski definition) is 3. The normalized spacial score (nSPS) is 39.1. The smallest absolute Gasteiger partial charge is 0.249 e. The van der Waals surface area contributed by atoms with E-state index in [1.165, 1.54) is 0 Å². The first kappa shape index (κ1) is 13.6. The second-order valence-electron chi connectivity index (χ2n) is 7.36. The molecule has 5 heteroatoms. The maximum atomic E-state index is 13.3. The van der Waals surface area contributed by atoms with Crippen LogP contribution in [0.4, 0.5) is 0 Å². The molecule has 2 aliphatic heterocycles. The van der Waals surface area contributed by atoms with Gasteiger partial charge in [0.25, 0.3) is 0 Å². The van der Waals surface area contributed by atoms with Crippen LogP contribution in [0.3, 0.4) is 0 Å². The zero-order valence-corrected chi connectivity index (χ0v) is 12.7. The second kappa shape index (κ2) is 4.45. The molecule has 1 spiro atoms. The number of carbonyl (C=O) groups is 2. The van der Waals surface area contributed by atoms with Crippen molar-refractivity contribution in [2.45, 2.75) is 69.0 Å². The molecule has 116 valence electrons. The third kappa shape index (κ3) is 1.79. The van der Waals surface area contributed by atoms with Crippen molar-refractivity contribution in [2.75, 3.05) is 13.2 Å². The standard InChI is InChI=1S/C16H24N2O3/c1-15(11-4-5-11)14(20)18(12-6-9-21-10-12)16(13(19)17-15)7-2-3-8-16/h11-12H,2-10H2,1H3,(H,17,19). The summed E-state index contributed by atoms with van der Waals surface area (Å²) in [4.78, 5) is 28.2. The summed E-state index contributed by atoms with van der Waals surface area (Å²) < 4.78 is 5.52. The van der Waals surface area contributed by atoms with Gasteiger partial charge in [0.1, 0.15) is 11.1 Å². The molecule has 0 aromatic heterocycles. The Balaban J connectivity index is 1.74. The minimum atomic E-state index is -0.687. The lowest BCUT2D eigenvalue weighted by Crippen LogP contribution is -2.76. The van der Waals surface area contributed by atoms with Crippen LogP contribution in [0, 0.1) is 5.92 Å². The van der Waals surface area contributed by atoms with Gasteiger partial charge in [-0.15, -0.1) is 0 Å². The van der Waals surface area contributed by atoms with Crippen molar-refractivity contribution in [3.63, 3.8) is 0 Å². The number of piperazine rings is 1. The zero-order chi connectivity index (χ0) is 14.7. The van der Waals surface area contributed by atoms with Gasteiger partial charge in [-0.25, -0.2) is 0 Å². The Labute approximate surface area is 125 Å². The molecule has 2 aliphatic carbocycles. The molecule has 2 amide bonds. The van der Waals surface area contributed by atoms with E-state index in [1.807, 2.05) is 11.8 Å². The molecule has 0 aromatic carbocycles. The van der Waals surface area contributed by atoms with Gasteiger partial charge in [-0.2, -0.15) is 0 Å². The predicted octanol–water partition coefficient (Wildman–Crippen LogP) is 1.22. The fourth-order valence-electron chi connectivity index (χ4n) is 4.57. The van der Waals surface area contributed by atoms with E-state index in [4.69, 9.17) is 4.74 Å². The number of nitrogens with zero attached hydrogens (tertiary/aromatic N) is 1. The molecule has 2 saturated heterocycles. The van der Waals surface area contributed by atoms with E-state index < -0.39 is 11.1 Å². The van der Waals surface area contributed by atoms with Crippen LogP contribution in [0.25, 0.3) is 0 Å². The summed E-state index contributed by atoms with van der Waals surface area (Å²) >= 11 is 0. The summed E-state index contributed by atoms with van der Waals surface area (Å²) in [6.07, 6.45) is 6.63. The number of nitrogens with one attached hydrogen (secondary N) is 1. The predicted molar refractivity (Wildman–Crippen MR) is 76.5 cm³/mol. The lowest BCUT2D eigenvalue weighted by molar-refractivity contribution is -0.167. The van der Waals surface area contributed by atoms with Crippen molar-refractivity contribution in [2.24, 2.45) is 5.92 Å². The Hall–Kier alpha value is -1.10. The molecule has 1 N–H and O–H groups in total. The SMILES string of the molecule is CC1(C2CC2)NC(=O)C2(CCCC2)N(C2CCOC2)C1=O. The minimum Gasteiger partial charge on any atom is -0.379 e. The molecule has 2 heterocycles. The lowest BCUT2D eigenvalue weighted by Gasteiger charge is -2.52. The molecule has 2 saturated carbocycles. The second-order valence-corrected chi connectivity index (χ2v) is 7.36. The third-order valence-corrected chi connectivity index (χ3v) is 6.02. The Morgan fingerprint density at radius 2 is 1.90 bits per heavy atom. The lowest BCUT2D eigenvalue weighted by atomic mass is 9.81. The number of amides is 2. The van der Waals surface area contributed by atoms with E-state index >= 15 is 0 Å². The van der Waals surface area contributed by atoms with Gasteiger partial charge in [-0.3, -0.25) is 9.59 Å². The van der Waals surface area contributed by atoms with Gasteiger partial charge in [0.05, 0.1) is 12.6 Å². The molecule has 0 bridgehead atoms. The van der Waals surface area contributed by atoms with E-state index in [9.17, 15) is 9.59 Å². The highest BCUT2D eigenvalue weighted by molar-refractivity contribution is 6.03. The van der Waals surface area contributed by atoms with Crippen LogP contribution >= 0.6 is 0 Å². The molecular weight excluding hydrogens is 268 g/mol. The van der Waals surface area contributed by atoms with Gasteiger partial charge in [-0.1, -0.05) is 12.8 Å². The number of ether oxygens (including phenoxy) is 1. The fourth-order valence-corrected chi connectivity index (χ4v) is 4.57. The van der Waals surface area contributed by atoms with Gasteiger partial charge in [0.2, 0.25) is 11.8 Å². The molecule has 0 radical (unpaired) electrons. The maximum Gasteiger partial charge on any atom is 0.249 e. The van der Waals surface area contributed by atoms with Gasteiger partial charge in [0.15, 0.2) is 0 Å². The topological polar surface area (TPSA) is 58.6 Å². The molecule has 2 atom stereocenters. The molecular formula is C16H24N2O3. The highest BCUT2D eigenvalue weighted by atomic mass is 16.5. The summed E-state index contributed by atoms with van der Waals surface area (Å²) in [5, 5.41) is 3.12. The Morgan fingerprint density at radius 1 is 1.19 bits per heavy atom. The quantitative estimate of drug-likeness (QED) is 0.832. The fraction of sp³-hybridized carbons (Fsp3) is 0.875. The number of rotatable bonds is 2. The van der Waals surface area contributed by atoms with Crippen LogP contribution in [-0.4, -0.2) is 47.0 Å². The highest BCUT2D eigenvalue weighted by Crippen LogP contribution is 2.48. The van der Waals surface area contributed by atoms with Crippen LogP contribution in [-0.2, 0) is 14.3 Å². The van der Waals surface area contributed by atoms with Crippen molar-refractivity contribution in [1.82, 2.24) is 10.2 Å². The first-order valence-electron chi connectivity index (χ1n) is 8.32. The van der Waals surface area contributed by atoms with E-state index in [2.05, 4.69) is 5.32 Å². The van der Waals surface area contributed by atoms with Crippen LogP contribution in [0.2, 0.25) is 0 Å². The van der Waals surface area contributed by atoms with Crippen molar-refractivity contribution >= 4 is 11.8 Å². The number of carbonyl (C=O) groups excluding carboxylic acids is 2. The molecule has 4 rings (SSSR count). The van der Waals surface area contributed by atoms with Crippen LogP contribution in [0.1, 0.15) is 51.9 Å². The van der Waals surface area contributed by atoms with Gasteiger partial charge >= 0.3 is 0 Å². The molecule has 4 fully saturated rings. The van der Waals surface area contributed by atoms with Gasteiger partial charge < -0.3 is 15.0 Å². The summed E-state index contributed by atoms with van der Waals surface area (Å²) in [6.45, 7) is 3.21. The third-order valence-electron chi connectivity index (χ3n) is 6.02. The van der Waals surface area contributed by atoms with E-state index in [1.54, 1.807) is 0 Å². The summed E-state index contributed by atoms with van der Waals surface area (Å²) in [5.41, 5.74) is -1.28. The monoisotopic (exact) mass is 292 g/mol. The van der Waals surface area contributed by atoms with Crippen LogP contribution in [0.15, 0.2) is 0 Å². The van der Waals surface area contributed by atoms with Crippen LogP contribution in [0.5, 0.6) is 0 Å². The first-order chi connectivity index (χ1) is 10.1. The Kier molecular flexibility index (Phi) is 2.87. The summed E-state index contributed by atoms with van der Waals surface area (Å²) in [7, 11) is 0. The average molecular weight is 292 g/mol. The van der Waals surface area contributed by atoms with E-state index in [0.717, 1.165) is 44.9 Å². The average Bonchev–Trinajstić information content (AvgIpc) is 2.99. The van der Waals surface area contributed by atoms with E-state index in [-0.39, 0.29) is 17.9 Å². The summed E-state index contributed by atoms with van der Waals surface area (Å²) in [5.74, 6) is 0.542. The van der Waals surface area contributed by atoms with E-state index in [0.29, 0.717) is 19.1 Å². The Bertz CT molecular complexity index is 476. The minimum absolute atomic E-state index is 0.0831. The largest absolute Gasteiger partial charge is 0.379 e. The van der Waals surface area contributed by atoms with Crippen molar-refractivity contribution in [3.8, 4) is 0 Å². The van der Waals surface area contributed by atoms with Gasteiger partial charge in [0, 0.05) is 6.61 Å². The first-order valence-corrected chi connectivity index (χ1v) is 8.32. The summed E-state index contributed by atoms with van der Waals surface area (Å²) in [6, 6.07) is 0.0831. The van der Waals surface area contributed by atoms with Crippen molar-refractivity contribution in [1.29, 1.82) is 0 Å². The zero-order valence-electron chi connectivity index (χ0n) is 12.7. The van der Waals surface area contributed by atoms with Crippen LogP contribution < -0.4 is 5.32 Å². The highest BCUT2D eigenvalue weighted by Gasteiger charge is 2.63. The van der Waals surface area contributed by atoms with Gasteiger partial charge in [-0.05, 0) is 44.9 Å². The maximum absolute atomic E-state index is 13.3. The molecule has 4 aliphatic rings. The van der Waals surface area contributed by atoms with Crippen molar-refractivity contribution in [3.05, 3.63) is 0 Å². The molecule has 21 heavy (non-hydrogen) atoms. The number of hydrogen-bond donors (Lipinski definition) is 1.